The van der Waals surface area contributed by atoms with Gasteiger partial charge in [0.25, 0.3) is 0 Å². The van der Waals surface area contributed by atoms with Crippen molar-refractivity contribution in [2.75, 3.05) is 0 Å². The molecule has 0 saturated heterocycles. The molecule has 0 aliphatic rings. The first kappa shape index (κ1) is 12.9. The highest BCUT2D eigenvalue weighted by Crippen LogP contribution is 2.26. The van der Waals surface area contributed by atoms with Crippen molar-refractivity contribution in [3.8, 4) is 0 Å². The van der Waals surface area contributed by atoms with Crippen LogP contribution in [0.15, 0.2) is 18.2 Å². The van der Waals surface area contributed by atoms with E-state index in [1.807, 2.05) is 0 Å². The summed E-state index contributed by atoms with van der Waals surface area (Å²) in [4.78, 5) is 4.14. The predicted molar refractivity (Wildman–Crippen MR) is 54.3 cm³/mol. The summed E-state index contributed by atoms with van der Waals surface area (Å²) in [5.74, 6) is 5.23. The molecule has 1 aromatic heterocycles. The van der Waals surface area contributed by atoms with Gasteiger partial charge in [-0.25, -0.2) is 0 Å². The molecule has 1 atom stereocenters. The molecule has 0 bridgehead atoms. The average molecular weight is 233 g/mol. The third-order valence-electron chi connectivity index (χ3n) is 2.18. The lowest BCUT2D eigenvalue weighted by atomic mass is 10.1. The molecule has 0 saturated carbocycles. The summed E-state index contributed by atoms with van der Waals surface area (Å²) in [5.41, 5.74) is 3.64. The minimum absolute atomic E-state index is 0.115. The van der Waals surface area contributed by atoms with Gasteiger partial charge in [-0.1, -0.05) is 6.07 Å². The largest absolute Gasteiger partial charge is 0.389 e. The molecule has 1 heterocycles. The maximum atomic E-state index is 12.1. The summed E-state index contributed by atoms with van der Waals surface area (Å²) in [6.07, 6.45) is -5.16. The zero-order chi connectivity index (χ0) is 12.2. The Morgan fingerprint density at radius 2 is 2.12 bits per heavy atom. The minimum atomic E-state index is -4.17. The van der Waals surface area contributed by atoms with Crippen LogP contribution in [0.2, 0.25) is 0 Å². The first-order valence-electron chi connectivity index (χ1n) is 4.89. The Morgan fingerprint density at radius 3 is 2.62 bits per heavy atom. The number of rotatable bonds is 4. The van der Waals surface area contributed by atoms with Gasteiger partial charge in [-0.2, -0.15) is 13.2 Å². The standard InChI is InChI=1S/C10H14F3N3/c1-7-3-2-4-8(15-7)9(16-14)5-6-10(11,12)13/h2-4,9,16H,5-6,14H2,1H3. The molecule has 0 fully saturated rings. The van der Waals surface area contributed by atoms with E-state index in [1.165, 1.54) is 0 Å². The Labute approximate surface area is 91.8 Å². The topological polar surface area (TPSA) is 50.9 Å². The molecule has 3 nitrogen and oxygen atoms in total. The molecule has 1 unspecified atom stereocenters. The zero-order valence-corrected chi connectivity index (χ0v) is 8.88. The van der Waals surface area contributed by atoms with Gasteiger partial charge in [-0.05, 0) is 25.5 Å². The van der Waals surface area contributed by atoms with Crippen LogP contribution in [-0.4, -0.2) is 11.2 Å². The highest BCUT2D eigenvalue weighted by molar-refractivity contribution is 5.13. The number of aromatic nitrogens is 1. The monoisotopic (exact) mass is 233 g/mol. The predicted octanol–water partition coefficient (Wildman–Crippen LogP) is 2.24. The molecular formula is C10H14F3N3. The van der Waals surface area contributed by atoms with Crippen LogP contribution in [0.5, 0.6) is 0 Å². The molecule has 6 heteroatoms. The van der Waals surface area contributed by atoms with Crippen molar-refractivity contribution < 1.29 is 13.2 Å². The number of nitrogens with two attached hydrogens (primary N) is 1. The van der Waals surface area contributed by atoms with Gasteiger partial charge in [-0.15, -0.1) is 0 Å². The van der Waals surface area contributed by atoms with Crippen LogP contribution in [-0.2, 0) is 0 Å². The molecule has 90 valence electrons. The average Bonchev–Trinajstić information content (AvgIpc) is 2.17. The van der Waals surface area contributed by atoms with E-state index in [0.29, 0.717) is 5.69 Å². The number of nitrogens with zero attached hydrogens (tertiary/aromatic N) is 1. The van der Waals surface area contributed by atoms with Gasteiger partial charge in [0.1, 0.15) is 0 Å². The number of nitrogens with one attached hydrogen (secondary N) is 1. The maximum absolute atomic E-state index is 12.1. The van der Waals surface area contributed by atoms with Gasteiger partial charge in [0, 0.05) is 12.1 Å². The van der Waals surface area contributed by atoms with Crippen molar-refractivity contribution in [1.82, 2.24) is 10.4 Å². The van der Waals surface area contributed by atoms with Gasteiger partial charge >= 0.3 is 6.18 Å². The number of halogens is 3. The zero-order valence-electron chi connectivity index (χ0n) is 8.88. The van der Waals surface area contributed by atoms with E-state index in [4.69, 9.17) is 5.84 Å². The van der Waals surface area contributed by atoms with Gasteiger partial charge in [0.15, 0.2) is 0 Å². The second-order valence-electron chi connectivity index (χ2n) is 3.58. The highest BCUT2D eigenvalue weighted by Gasteiger charge is 2.28. The van der Waals surface area contributed by atoms with E-state index in [2.05, 4.69) is 10.4 Å². The third kappa shape index (κ3) is 4.16. The fourth-order valence-corrected chi connectivity index (χ4v) is 1.38. The van der Waals surface area contributed by atoms with Gasteiger partial charge in [0.2, 0.25) is 0 Å². The Kier molecular flexibility index (Phi) is 4.26. The van der Waals surface area contributed by atoms with Gasteiger partial charge in [0.05, 0.1) is 11.7 Å². The number of aryl methyl sites for hydroxylation is 1. The lowest BCUT2D eigenvalue weighted by Gasteiger charge is -2.16. The summed E-state index contributed by atoms with van der Waals surface area (Å²) < 4.78 is 36.2. The molecule has 0 amide bonds. The lowest BCUT2D eigenvalue weighted by molar-refractivity contribution is -0.136. The van der Waals surface area contributed by atoms with E-state index in [1.54, 1.807) is 25.1 Å². The van der Waals surface area contributed by atoms with Crippen molar-refractivity contribution in [3.63, 3.8) is 0 Å². The number of hydrogen-bond acceptors (Lipinski definition) is 3. The van der Waals surface area contributed by atoms with Crippen molar-refractivity contribution in [2.24, 2.45) is 5.84 Å². The molecule has 3 N–H and O–H groups in total. The fourth-order valence-electron chi connectivity index (χ4n) is 1.38. The van der Waals surface area contributed by atoms with Crippen molar-refractivity contribution in [3.05, 3.63) is 29.6 Å². The Bertz CT molecular complexity index is 338. The maximum Gasteiger partial charge on any atom is 0.389 e. The SMILES string of the molecule is Cc1cccc(C(CCC(F)(F)F)NN)n1. The molecule has 1 aromatic rings. The van der Waals surface area contributed by atoms with E-state index in [9.17, 15) is 13.2 Å². The second-order valence-corrected chi connectivity index (χ2v) is 3.58. The molecule has 16 heavy (non-hydrogen) atoms. The van der Waals surface area contributed by atoms with Crippen molar-refractivity contribution in [2.45, 2.75) is 32.0 Å². The molecule has 0 aromatic carbocycles. The summed E-state index contributed by atoms with van der Waals surface area (Å²) in [7, 11) is 0. The Morgan fingerprint density at radius 1 is 1.44 bits per heavy atom. The first-order chi connectivity index (χ1) is 7.42. The number of hydrogen-bond donors (Lipinski definition) is 2. The van der Waals surface area contributed by atoms with Gasteiger partial charge in [-0.3, -0.25) is 16.3 Å². The van der Waals surface area contributed by atoms with E-state index < -0.39 is 18.6 Å². The first-order valence-corrected chi connectivity index (χ1v) is 4.89. The van der Waals surface area contributed by atoms with E-state index >= 15 is 0 Å². The van der Waals surface area contributed by atoms with Gasteiger partial charge < -0.3 is 0 Å². The number of hydrazine groups is 1. The van der Waals surface area contributed by atoms with Crippen LogP contribution in [0.3, 0.4) is 0 Å². The van der Waals surface area contributed by atoms with E-state index in [0.717, 1.165) is 5.69 Å². The molecular weight excluding hydrogens is 219 g/mol. The van der Waals surface area contributed by atoms with Crippen LogP contribution in [0.4, 0.5) is 13.2 Å². The Balaban J connectivity index is 2.68. The Hall–Kier alpha value is -1.14. The van der Waals surface area contributed by atoms with Crippen LogP contribution >= 0.6 is 0 Å². The van der Waals surface area contributed by atoms with Crippen molar-refractivity contribution in [1.29, 1.82) is 0 Å². The highest BCUT2D eigenvalue weighted by atomic mass is 19.4. The van der Waals surface area contributed by atoms with Crippen LogP contribution in [0, 0.1) is 6.92 Å². The summed E-state index contributed by atoms with van der Waals surface area (Å²) >= 11 is 0. The van der Waals surface area contributed by atoms with Crippen LogP contribution in [0.25, 0.3) is 0 Å². The molecule has 0 aliphatic carbocycles. The lowest BCUT2D eigenvalue weighted by Crippen LogP contribution is -2.30. The van der Waals surface area contributed by atoms with Crippen LogP contribution < -0.4 is 11.3 Å². The normalized spacial score (nSPS) is 13.8. The molecule has 1 rings (SSSR count). The van der Waals surface area contributed by atoms with Crippen LogP contribution in [0.1, 0.15) is 30.3 Å². The number of alkyl halides is 3. The smallest absolute Gasteiger partial charge is 0.271 e. The van der Waals surface area contributed by atoms with Crippen molar-refractivity contribution >= 4 is 0 Å². The number of pyridine rings is 1. The summed E-state index contributed by atoms with van der Waals surface area (Å²) in [6.45, 7) is 1.78. The van der Waals surface area contributed by atoms with E-state index in [-0.39, 0.29) is 6.42 Å². The molecule has 0 radical (unpaired) electrons. The second kappa shape index (κ2) is 5.27. The molecule has 0 spiro atoms. The summed E-state index contributed by atoms with van der Waals surface area (Å²) in [6, 6.07) is 4.62. The fraction of sp³-hybridized carbons (Fsp3) is 0.500. The molecule has 0 aliphatic heterocycles. The quantitative estimate of drug-likeness (QED) is 0.619. The summed E-state index contributed by atoms with van der Waals surface area (Å²) in [5, 5.41) is 0. The minimum Gasteiger partial charge on any atom is -0.271 e. The third-order valence-corrected chi connectivity index (χ3v) is 2.18.